The van der Waals surface area contributed by atoms with Gasteiger partial charge in [0.15, 0.2) is 0 Å². The summed E-state index contributed by atoms with van der Waals surface area (Å²) >= 11 is 4.43. The zero-order valence-corrected chi connectivity index (χ0v) is 20.7. The Bertz CT molecular complexity index is 1060. The fourth-order valence-corrected chi connectivity index (χ4v) is 5.86. The van der Waals surface area contributed by atoms with E-state index in [1.165, 1.54) is 16.2 Å². The van der Waals surface area contributed by atoms with Gasteiger partial charge in [0, 0.05) is 22.2 Å². The monoisotopic (exact) mass is 498 g/mol. The molecule has 0 N–H and O–H groups in total. The number of imide groups is 1. The van der Waals surface area contributed by atoms with Crippen LogP contribution in [0.1, 0.15) is 56.7 Å². The lowest BCUT2D eigenvalue weighted by atomic mass is 9.79. The number of halogens is 1. The third-order valence-electron chi connectivity index (χ3n) is 6.15. The molecule has 2 aliphatic heterocycles. The number of anilines is 1. The minimum atomic E-state index is -0.222. The first-order chi connectivity index (χ1) is 14.7. The van der Waals surface area contributed by atoms with Crippen molar-refractivity contribution in [3.05, 3.63) is 68.5 Å². The molecule has 4 nitrogen and oxygen atoms in total. The van der Waals surface area contributed by atoms with Crippen LogP contribution in [0.3, 0.4) is 0 Å². The number of hydrogen-bond donors (Lipinski definition) is 0. The number of fused-ring (bicyclic) bond motifs is 1. The average Bonchev–Trinajstić information content (AvgIpc) is 2.97. The highest BCUT2D eigenvalue weighted by atomic mass is 79.9. The van der Waals surface area contributed by atoms with Gasteiger partial charge in [-0.1, -0.05) is 41.1 Å². The van der Waals surface area contributed by atoms with Crippen LogP contribution in [-0.4, -0.2) is 28.1 Å². The van der Waals surface area contributed by atoms with E-state index in [4.69, 9.17) is 0 Å². The lowest BCUT2D eigenvalue weighted by molar-refractivity contribution is -0.123. The number of carbonyl (C=O) groups is 2. The molecule has 0 aromatic heterocycles. The Morgan fingerprint density at radius 2 is 1.87 bits per heavy atom. The predicted molar refractivity (Wildman–Crippen MR) is 132 cm³/mol. The van der Waals surface area contributed by atoms with E-state index < -0.39 is 0 Å². The Labute approximate surface area is 196 Å². The number of benzene rings is 2. The van der Waals surface area contributed by atoms with E-state index in [9.17, 15) is 9.59 Å². The molecule has 2 heterocycles. The first-order valence-corrected chi connectivity index (χ1v) is 12.2. The van der Waals surface area contributed by atoms with E-state index in [1.54, 1.807) is 0 Å². The number of amides is 2. The normalized spacial score (nSPS) is 21.7. The number of hydrogen-bond acceptors (Lipinski definition) is 4. The topological polar surface area (TPSA) is 40.6 Å². The molecule has 0 spiro atoms. The largest absolute Gasteiger partial charge is 0.366 e. The number of thioether (sulfide) groups is 1. The van der Waals surface area contributed by atoms with Crippen molar-refractivity contribution in [2.24, 2.45) is 0 Å². The van der Waals surface area contributed by atoms with Gasteiger partial charge >= 0.3 is 0 Å². The van der Waals surface area contributed by atoms with Crippen LogP contribution in [-0.2, 0) is 11.3 Å². The molecule has 0 radical (unpaired) electrons. The van der Waals surface area contributed by atoms with Gasteiger partial charge in [0.25, 0.3) is 11.1 Å². The second-order valence-corrected chi connectivity index (χ2v) is 10.8. The maximum absolute atomic E-state index is 12.9. The lowest BCUT2D eigenvalue weighted by Crippen LogP contribution is -2.48. The summed E-state index contributed by atoms with van der Waals surface area (Å²) in [6, 6.07) is 14.1. The highest BCUT2D eigenvalue weighted by Crippen LogP contribution is 2.44. The third-order valence-corrected chi connectivity index (χ3v) is 7.59. The van der Waals surface area contributed by atoms with Gasteiger partial charge in [0.05, 0.1) is 11.4 Å². The zero-order valence-electron chi connectivity index (χ0n) is 18.3. The summed E-state index contributed by atoms with van der Waals surface area (Å²) in [5.74, 6) is 0.216. The van der Waals surface area contributed by atoms with E-state index in [0.717, 1.165) is 40.3 Å². The van der Waals surface area contributed by atoms with E-state index in [2.05, 4.69) is 66.7 Å². The molecule has 0 aliphatic carbocycles. The summed E-state index contributed by atoms with van der Waals surface area (Å²) in [6.07, 6.45) is 2.94. The van der Waals surface area contributed by atoms with Gasteiger partial charge in [-0.2, -0.15) is 0 Å². The maximum atomic E-state index is 12.9. The van der Waals surface area contributed by atoms with Crippen molar-refractivity contribution < 1.29 is 9.59 Å². The highest BCUT2D eigenvalue weighted by molar-refractivity contribution is 9.10. The van der Waals surface area contributed by atoms with Crippen LogP contribution in [0.4, 0.5) is 10.5 Å². The van der Waals surface area contributed by atoms with Crippen LogP contribution in [0.2, 0.25) is 0 Å². The number of nitrogens with zero attached hydrogens (tertiary/aromatic N) is 2. The average molecular weight is 499 g/mol. The third kappa shape index (κ3) is 4.33. The van der Waals surface area contributed by atoms with Crippen LogP contribution in [0.15, 0.2) is 51.8 Å². The number of rotatable bonds is 4. The molecule has 6 heteroatoms. The van der Waals surface area contributed by atoms with Crippen LogP contribution >= 0.6 is 27.7 Å². The van der Waals surface area contributed by atoms with E-state index in [1.807, 2.05) is 30.3 Å². The van der Waals surface area contributed by atoms with Crippen LogP contribution in [0.25, 0.3) is 6.08 Å². The molecule has 2 aliphatic rings. The molecule has 1 atom stereocenters. The summed E-state index contributed by atoms with van der Waals surface area (Å²) in [4.78, 5) is 29.7. The van der Waals surface area contributed by atoms with Gasteiger partial charge in [0.2, 0.25) is 0 Å². The van der Waals surface area contributed by atoms with Crippen molar-refractivity contribution in [2.75, 3.05) is 11.4 Å². The Morgan fingerprint density at radius 3 is 2.55 bits per heavy atom. The van der Waals surface area contributed by atoms with Gasteiger partial charge < -0.3 is 4.90 Å². The van der Waals surface area contributed by atoms with Gasteiger partial charge in [-0.25, -0.2) is 0 Å². The Balaban J connectivity index is 1.59. The van der Waals surface area contributed by atoms with Crippen molar-refractivity contribution in [3.8, 4) is 0 Å². The van der Waals surface area contributed by atoms with Crippen LogP contribution in [0, 0.1) is 0 Å². The van der Waals surface area contributed by atoms with Crippen molar-refractivity contribution in [1.82, 2.24) is 4.90 Å². The van der Waals surface area contributed by atoms with Crippen LogP contribution in [0.5, 0.6) is 0 Å². The number of carbonyl (C=O) groups excluding carboxylic acids is 2. The molecular formula is C25H27BrN2O2S. The molecule has 2 aromatic carbocycles. The van der Waals surface area contributed by atoms with Crippen LogP contribution < -0.4 is 4.90 Å². The van der Waals surface area contributed by atoms with Crippen molar-refractivity contribution in [1.29, 1.82) is 0 Å². The summed E-state index contributed by atoms with van der Waals surface area (Å²) in [6.45, 7) is 10.3. The smallest absolute Gasteiger partial charge is 0.293 e. The molecular weight excluding hydrogens is 472 g/mol. The van der Waals surface area contributed by atoms with E-state index >= 15 is 0 Å². The minimum Gasteiger partial charge on any atom is -0.366 e. The standard InChI is InChI=1S/C25H27BrN2O2S/c1-5-28-21-11-8-18(12-20(21)16(2)14-25(28,3)4)13-22-23(29)27(24(30)31-22)15-17-6-9-19(26)10-7-17/h6-13,16H,5,14-15H2,1-4H3/b22-13-. The molecule has 31 heavy (non-hydrogen) atoms. The van der Waals surface area contributed by atoms with Gasteiger partial charge in [-0.05, 0) is 91.9 Å². The molecule has 1 saturated heterocycles. The molecule has 2 aromatic rings. The first-order valence-electron chi connectivity index (χ1n) is 10.6. The minimum absolute atomic E-state index is 0.123. The fourth-order valence-electron chi connectivity index (χ4n) is 4.76. The Kier molecular flexibility index (Phi) is 6.05. The maximum Gasteiger partial charge on any atom is 0.293 e. The van der Waals surface area contributed by atoms with Crippen molar-refractivity contribution >= 4 is 50.6 Å². The second kappa shape index (κ2) is 8.47. The SMILES string of the molecule is CCN1c2ccc(/C=C3\SC(=O)N(Cc4ccc(Br)cc4)C3=O)cc2C(C)CC1(C)C. The second-order valence-electron chi connectivity index (χ2n) is 8.87. The van der Waals surface area contributed by atoms with Crippen molar-refractivity contribution in [2.45, 2.75) is 52.1 Å². The Hall–Kier alpha value is -2.05. The first kappa shape index (κ1) is 22.2. The summed E-state index contributed by atoms with van der Waals surface area (Å²) in [5, 5.41) is -0.218. The zero-order chi connectivity index (χ0) is 22.3. The molecule has 2 amide bonds. The molecule has 0 saturated carbocycles. The molecule has 4 rings (SSSR count). The van der Waals surface area contributed by atoms with Gasteiger partial charge in [-0.3, -0.25) is 14.5 Å². The van der Waals surface area contributed by atoms with Gasteiger partial charge in [-0.15, -0.1) is 0 Å². The predicted octanol–water partition coefficient (Wildman–Crippen LogP) is 6.80. The quantitative estimate of drug-likeness (QED) is 0.434. The van der Waals surface area contributed by atoms with Gasteiger partial charge in [0.1, 0.15) is 0 Å². The Morgan fingerprint density at radius 1 is 1.16 bits per heavy atom. The van der Waals surface area contributed by atoms with Crippen molar-refractivity contribution in [3.63, 3.8) is 0 Å². The molecule has 1 fully saturated rings. The summed E-state index contributed by atoms with van der Waals surface area (Å²) < 4.78 is 0.969. The molecule has 1 unspecified atom stereocenters. The van der Waals surface area contributed by atoms with E-state index in [0.29, 0.717) is 10.8 Å². The fraction of sp³-hybridized carbons (Fsp3) is 0.360. The lowest BCUT2D eigenvalue weighted by Gasteiger charge is -2.47. The molecule has 162 valence electrons. The summed E-state index contributed by atoms with van der Waals surface area (Å²) in [7, 11) is 0. The highest BCUT2D eigenvalue weighted by Gasteiger charge is 2.37. The molecule has 0 bridgehead atoms. The summed E-state index contributed by atoms with van der Waals surface area (Å²) in [5.41, 5.74) is 4.60. The van der Waals surface area contributed by atoms with E-state index in [-0.39, 0.29) is 23.2 Å².